The molecular formula is C29H29F9N2O4. The Morgan fingerprint density at radius 2 is 1.50 bits per heavy atom. The molecule has 0 unspecified atom stereocenters. The van der Waals surface area contributed by atoms with Crippen molar-refractivity contribution >= 4 is 17.9 Å². The van der Waals surface area contributed by atoms with Gasteiger partial charge in [0, 0.05) is 12.6 Å². The van der Waals surface area contributed by atoms with Gasteiger partial charge in [-0.05, 0) is 93.0 Å². The van der Waals surface area contributed by atoms with Gasteiger partial charge in [-0.1, -0.05) is 0 Å². The van der Waals surface area contributed by atoms with Gasteiger partial charge in [0.15, 0.2) is 0 Å². The third-order valence-corrected chi connectivity index (χ3v) is 7.69. The Hall–Kier alpha value is -3.65. The molecule has 2 aromatic carbocycles. The number of rotatable bonds is 5. The van der Waals surface area contributed by atoms with E-state index in [-0.39, 0.29) is 23.6 Å². The summed E-state index contributed by atoms with van der Waals surface area (Å²) in [6, 6.07) is 1.44. The van der Waals surface area contributed by atoms with E-state index in [1.807, 2.05) is 0 Å². The van der Waals surface area contributed by atoms with Gasteiger partial charge in [0.1, 0.15) is 0 Å². The van der Waals surface area contributed by atoms with Crippen molar-refractivity contribution in [3.63, 3.8) is 0 Å². The number of methoxy groups -OCH3 is 1. The number of halogens is 9. The highest BCUT2D eigenvalue weighted by molar-refractivity contribution is 5.91. The van der Waals surface area contributed by atoms with Gasteiger partial charge in [-0.2, -0.15) is 39.5 Å². The van der Waals surface area contributed by atoms with Gasteiger partial charge in [-0.25, -0.2) is 9.59 Å². The first-order chi connectivity index (χ1) is 20.2. The molecule has 15 heteroatoms. The van der Waals surface area contributed by atoms with Crippen LogP contribution in [-0.4, -0.2) is 36.3 Å². The summed E-state index contributed by atoms with van der Waals surface area (Å²) >= 11 is 0. The molecule has 1 fully saturated rings. The summed E-state index contributed by atoms with van der Waals surface area (Å²) in [4.78, 5) is 28.3. The van der Waals surface area contributed by atoms with Crippen LogP contribution in [0.2, 0.25) is 0 Å². The molecule has 0 saturated heterocycles. The zero-order chi connectivity index (χ0) is 32.9. The van der Waals surface area contributed by atoms with Gasteiger partial charge in [0.25, 0.3) is 0 Å². The van der Waals surface area contributed by atoms with E-state index in [0.717, 1.165) is 24.1 Å². The Balaban J connectivity index is 1.91. The van der Waals surface area contributed by atoms with Crippen LogP contribution in [0.25, 0.3) is 0 Å². The summed E-state index contributed by atoms with van der Waals surface area (Å²) in [6.45, 7) is 2.97. The molecule has 0 radical (unpaired) electrons. The van der Waals surface area contributed by atoms with Crippen molar-refractivity contribution in [1.82, 2.24) is 4.90 Å². The maximum atomic E-state index is 13.8. The highest BCUT2D eigenvalue weighted by Crippen LogP contribution is 2.50. The lowest BCUT2D eigenvalue weighted by Crippen LogP contribution is -2.50. The van der Waals surface area contributed by atoms with Crippen molar-refractivity contribution in [2.24, 2.45) is 5.92 Å². The number of nitrogens with zero attached hydrogens (tertiary/aromatic N) is 2. The molecule has 0 bridgehead atoms. The van der Waals surface area contributed by atoms with Gasteiger partial charge < -0.3 is 9.47 Å². The van der Waals surface area contributed by atoms with E-state index in [4.69, 9.17) is 9.47 Å². The second kappa shape index (κ2) is 11.7. The summed E-state index contributed by atoms with van der Waals surface area (Å²) in [5.41, 5.74) is -6.14. The minimum Gasteiger partial charge on any atom is -0.453 e. The lowest BCUT2D eigenvalue weighted by molar-refractivity contribution is -0.144. The average molecular weight is 641 g/mol. The zero-order valence-electron chi connectivity index (χ0n) is 24.0. The predicted octanol–water partition coefficient (Wildman–Crippen LogP) is 8.89. The third kappa shape index (κ3) is 6.85. The molecule has 1 heterocycles. The highest BCUT2D eigenvalue weighted by atomic mass is 19.4. The first-order valence-corrected chi connectivity index (χ1v) is 13.6. The van der Waals surface area contributed by atoms with Gasteiger partial charge in [-0.15, -0.1) is 0 Å². The van der Waals surface area contributed by atoms with Crippen LogP contribution in [0.3, 0.4) is 0 Å². The van der Waals surface area contributed by atoms with Crippen molar-refractivity contribution in [2.75, 3.05) is 12.0 Å². The van der Waals surface area contributed by atoms with Crippen LogP contribution >= 0.6 is 0 Å². The molecule has 0 aromatic heterocycles. The molecular weight excluding hydrogens is 611 g/mol. The SMILES string of the molecule is COC(=O)N(Cc1cc(C(F)(F)F)c(C)c(C(F)(F)F)c1)[C@H]1C[C@@H](C2CC2)N(C(=O)OC(C)C)c2ccc(C(F)(F)F)cc21. The topological polar surface area (TPSA) is 59.1 Å². The van der Waals surface area contributed by atoms with Crippen LogP contribution in [0.4, 0.5) is 54.8 Å². The smallest absolute Gasteiger partial charge is 0.416 e. The molecule has 0 spiro atoms. The zero-order valence-corrected chi connectivity index (χ0v) is 24.0. The number of carbonyl (C=O) groups is 2. The first-order valence-electron chi connectivity index (χ1n) is 13.6. The van der Waals surface area contributed by atoms with Crippen molar-refractivity contribution in [1.29, 1.82) is 0 Å². The number of carbonyl (C=O) groups excluding carboxylic acids is 2. The maximum absolute atomic E-state index is 13.8. The van der Waals surface area contributed by atoms with E-state index >= 15 is 0 Å². The second-order valence-corrected chi connectivity index (χ2v) is 11.1. The quantitative estimate of drug-likeness (QED) is 0.307. The first kappa shape index (κ1) is 33.2. The second-order valence-electron chi connectivity index (χ2n) is 11.1. The molecule has 2 amide bonds. The van der Waals surface area contributed by atoms with Crippen LogP contribution in [0.1, 0.15) is 72.5 Å². The molecule has 1 aliphatic heterocycles. The van der Waals surface area contributed by atoms with E-state index in [0.29, 0.717) is 38.0 Å². The Bertz CT molecular complexity index is 1380. The van der Waals surface area contributed by atoms with E-state index in [1.165, 1.54) is 4.90 Å². The van der Waals surface area contributed by atoms with Crippen molar-refractivity contribution in [3.05, 3.63) is 63.7 Å². The maximum Gasteiger partial charge on any atom is 0.416 e. The van der Waals surface area contributed by atoms with E-state index in [2.05, 4.69) is 0 Å². The van der Waals surface area contributed by atoms with E-state index in [9.17, 15) is 49.1 Å². The van der Waals surface area contributed by atoms with Crippen molar-refractivity contribution < 1.29 is 58.6 Å². The normalized spacial score (nSPS) is 19.1. The fourth-order valence-electron chi connectivity index (χ4n) is 5.60. The molecule has 2 aliphatic rings. The predicted molar refractivity (Wildman–Crippen MR) is 139 cm³/mol. The van der Waals surface area contributed by atoms with Gasteiger partial charge in [0.05, 0.1) is 41.6 Å². The molecule has 44 heavy (non-hydrogen) atoms. The molecule has 2 atom stereocenters. The number of hydrogen-bond acceptors (Lipinski definition) is 4. The number of benzene rings is 2. The lowest BCUT2D eigenvalue weighted by Gasteiger charge is -2.44. The monoisotopic (exact) mass is 640 g/mol. The fourth-order valence-corrected chi connectivity index (χ4v) is 5.60. The Morgan fingerprint density at radius 3 is 1.95 bits per heavy atom. The minimum absolute atomic E-state index is 0.0263. The van der Waals surface area contributed by atoms with Gasteiger partial charge >= 0.3 is 30.7 Å². The van der Waals surface area contributed by atoms with Crippen LogP contribution in [0.15, 0.2) is 30.3 Å². The Morgan fingerprint density at radius 1 is 0.932 bits per heavy atom. The van der Waals surface area contributed by atoms with E-state index < -0.39 is 83.3 Å². The molecule has 0 N–H and O–H groups in total. The molecule has 1 saturated carbocycles. The molecule has 6 nitrogen and oxygen atoms in total. The molecule has 1 aliphatic carbocycles. The summed E-state index contributed by atoms with van der Waals surface area (Å²) in [7, 11) is 0.924. The Labute approximate surface area is 246 Å². The van der Waals surface area contributed by atoms with Gasteiger partial charge in [0.2, 0.25) is 0 Å². The summed E-state index contributed by atoms with van der Waals surface area (Å²) < 4.78 is 134. The number of alkyl halides is 9. The molecule has 2 aromatic rings. The van der Waals surface area contributed by atoms with E-state index in [1.54, 1.807) is 13.8 Å². The summed E-state index contributed by atoms with van der Waals surface area (Å²) in [5.74, 6) is -0.139. The minimum atomic E-state index is -5.18. The highest BCUT2D eigenvalue weighted by Gasteiger charge is 2.48. The number of fused-ring (bicyclic) bond motifs is 1. The van der Waals surface area contributed by atoms with Crippen LogP contribution in [0, 0.1) is 12.8 Å². The number of ether oxygens (including phenoxy) is 2. The number of anilines is 1. The Kier molecular flexibility index (Phi) is 8.84. The average Bonchev–Trinajstić information content (AvgIpc) is 3.74. The lowest BCUT2D eigenvalue weighted by atomic mass is 9.86. The largest absolute Gasteiger partial charge is 0.453 e. The third-order valence-electron chi connectivity index (χ3n) is 7.69. The van der Waals surface area contributed by atoms with Crippen LogP contribution in [-0.2, 0) is 34.5 Å². The van der Waals surface area contributed by atoms with Crippen LogP contribution < -0.4 is 4.90 Å². The number of amides is 2. The van der Waals surface area contributed by atoms with Crippen molar-refractivity contribution in [3.8, 4) is 0 Å². The summed E-state index contributed by atoms with van der Waals surface area (Å²) in [5, 5.41) is 0. The molecule has 242 valence electrons. The number of hydrogen-bond donors (Lipinski definition) is 0. The van der Waals surface area contributed by atoms with Crippen LogP contribution in [0.5, 0.6) is 0 Å². The van der Waals surface area contributed by atoms with Gasteiger partial charge in [-0.3, -0.25) is 9.80 Å². The summed E-state index contributed by atoms with van der Waals surface area (Å²) in [6.07, 6.45) is -16.7. The standard InChI is InChI=1S/C29H29F9N2O4/c1-14(2)44-26(42)40-22-8-7-18(27(30,31)32)11-19(22)24(12-23(40)17-5-6-17)39(25(41)43-4)13-16-9-20(28(33,34)35)15(3)21(10-16)29(36,37)38/h7-11,14,17,23-24H,5-6,12-13H2,1-4H3/t23-,24-/m0/s1. The van der Waals surface area contributed by atoms with Crippen molar-refractivity contribution in [2.45, 2.75) is 83.3 Å². The fraction of sp³-hybridized carbons (Fsp3) is 0.517. The molecule has 4 rings (SSSR count).